The number of nitrogens with zero attached hydrogens (tertiary/aromatic N) is 2. The van der Waals surface area contributed by atoms with Crippen molar-refractivity contribution in [1.82, 2.24) is 9.88 Å². The molecule has 2 aromatic carbocycles. The standard InChI is InChI=1S/C20H21FN2.2ClH/c1-23(2)10-4-5-15-8-9-20-17(11-15)12-18(14-22-20)16-6-3-7-19(21)13-16;;/h3,6-9,11-14H,4-5,10H2,1-2H3;2*1H. The fraction of sp³-hybridized carbons (Fsp3) is 0.250. The molecule has 0 amide bonds. The molecule has 0 N–H and O–H groups in total. The van der Waals surface area contributed by atoms with E-state index in [4.69, 9.17) is 0 Å². The molecular formula is C20H23Cl2FN2. The summed E-state index contributed by atoms with van der Waals surface area (Å²) >= 11 is 0. The van der Waals surface area contributed by atoms with Gasteiger partial charge in [0.25, 0.3) is 0 Å². The lowest BCUT2D eigenvalue weighted by Crippen LogP contribution is -2.13. The second kappa shape index (κ2) is 9.71. The van der Waals surface area contributed by atoms with Gasteiger partial charge in [-0.3, -0.25) is 4.98 Å². The molecule has 0 aliphatic rings. The van der Waals surface area contributed by atoms with Crippen LogP contribution in [0.1, 0.15) is 12.0 Å². The van der Waals surface area contributed by atoms with Gasteiger partial charge in [-0.05, 0) is 74.9 Å². The number of hydrogen-bond acceptors (Lipinski definition) is 2. The van der Waals surface area contributed by atoms with E-state index in [9.17, 15) is 4.39 Å². The van der Waals surface area contributed by atoms with Crippen LogP contribution in [0.4, 0.5) is 4.39 Å². The van der Waals surface area contributed by atoms with E-state index in [1.807, 2.05) is 12.3 Å². The minimum atomic E-state index is -0.222. The predicted octanol–water partition coefficient (Wildman–Crippen LogP) is 5.38. The zero-order chi connectivity index (χ0) is 16.2. The number of aryl methyl sites for hydroxylation is 1. The maximum atomic E-state index is 13.4. The molecule has 5 heteroatoms. The van der Waals surface area contributed by atoms with Crippen molar-refractivity contribution in [2.75, 3.05) is 20.6 Å². The molecular weight excluding hydrogens is 358 g/mol. The van der Waals surface area contributed by atoms with Gasteiger partial charge in [-0.25, -0.2) is 4.39 Å². The summed E-state index contributed by atoms with van der Waals surface area (Å²) in [6.45, 7) is 1.08. The maximum Gasteiger partial charge on any atom is 0.123 e. The number of benzene rings is 2. The van der Waals surface area contributed by atoms with E-state index in [1.54, 1.807) is 12.1 Å². The Bertz CT molecular complexity index is 822. The molecule has 3 rings (SSSR count). The average molecular weight is 381 g/mol. The van der Waals surface area contributed by atoms with Gasteiger partial charge in [-0.15, -0.1) is 24.8 Å². The van der Waals surface area contributed by atoms with Crippen LogP contribution < -0.4 is 0 Å². The molecule has 0 spiro atoms. The van der Waals surface area contributed by atoms with Crippen molar-refractivity contribution >= 4 is 35.7 Å². The van der Waals surface area contributed by atoms with Crippen molar-refractivity contribution < 1.29 is 4.39 Å². The molecule has 0 saturated heterocycles. The summed E-state index contributed by atoms with van der Waals surface area (Å²) in [7, 11) is 4.19. The normalized spacial score (nSPS) is 10.4. The Hall–Kier alpha value is -1.68. The molecule has 0 bridgehead atoms. The fourth-order valence-electron chi connectivity index (χ4n) is 2.76. The van der Waals surface area contributed by atoms with Crippen LogP contribution >= 0.6 is 24.8 Å². The Kier molecular flexibility index (Phi) is 8.30. The van der Waals surface area contributed by atoms with Gasteiger partial charge in [0.1, 0.15) is 5.82 Å². The molecule has 0 saturated carbocycles. The van der Waals surface area contributed by atoms with Crippen molar-refractivity contribution in [2.24, 2.45) is 0 Å². The van der Waals surface area contributed by atoms with Crippen LogP contribution in [0.5, 0.6) is 0 Å². The summed E-state index contributed by atoms with van der Waals surface area (Å²) in [5, 5.41) is 1.11. The van der Waals surface area contributed by atoms with E-state index >= 15 is 0 Å². The van der Waals surface area contributed by atoms with Gasteiger partial charge in [-0.2, -0.15) is 0 Å². The monoisotopic (exact) mass is 380 g/mol. The van der Waals surface area contributed by atoms with Crippen LogP contribution in [0, 0.1) is 5.82 Å². The summed E-state index contributed by atoms with van der Waals surface area (Å²) in [6, 6.07) is 15.1. The number of halogens is 3. The maximum absolute atomic E-state index is 13.4. The Labute approximate surface area is 160 Å². The van der Waals surface area contributed by atoms with E-state index in [1.165, 1.54) is 11.6 Å². The van der Waals surface area contributed by atoms with Crippen molar-refractivity contribution in [3.05, 3.63) is 66.1 Å². The molecule has 134 valence electrons. The second-order valence-electron chi connectivity index (χ2n) is 6.17. The largest absolute Gasteiger partial charge is 0.309 e. The summed E-state index contributed by atoms with van der Waals surface area (Å²) < 4.78 is 13.4. The molecule has 2 nitrogen and oxygen atoms in total. The first-order chi connectivity index (χ1) is 11.1. The predicted molar refractivity (Wildman–Crippen MR) is 109 cm³/mol. The first kappa shape index (κ1) is 21.4. The zero-order valence-electron chi connectivity index (χ0n) is 14.4. The number of hydrogen-bond donors (Lipinski definition) is 0. The number of fused-ring (bicyclic) bond motifs is 1. The smallest absolute Gasteiger partial charge is 0.123 e. The van der Waals surface area contributed by atoms with Gasteiger partial charge >= 0.3 is 0 Å². The molecule has 3 aromatic rings. The molecule has 1 heterocycles. The van der Waals surface area contributed by atoms with E-state index in [-0.39, 0.29) is 30.6 Å². The van der Waals surface area contributed by atoms with Crippen LogP contribution in [0.3, 0.4) is 0 Å². The van der Waals surface area contributed by atoms with Crippen LogP contribution in [-0.2, 0) is 6.42 Å². The molecule has 0 aliphatic heterocycles. The molecule has 0 atom stereocenters. The van der Waals surface area contributed by atoms with E-state index in [0.29, 0.717) is 0 Å². The lowest BCUT2D eigenvalue weighted by Gasteiger charge is -2.09. The highest BCUT2D eigenvalue weighted by Gasteiger charge is 2.04. The third-order valence-electron chi connectivity index (χ3n) is 3.97. The van der Waals surface area contributed by atoms with Gasteiger partial charge in [0.05, 0.1) is 5.52 Å². The Morgan fingerprint density at radius 1 is 0.960 bits per heavy atom. The number of pyridine rings is 1. The molecule has 0 aliphatic carbocycles. The third-order valence-corrected chi connectivity index (χ3v) is 3.97. The average Bonchev–Trinajstić information content (AvgIpc) is 2.54. The first-order valence-corrected chi connectivity index (χ1v) is 7.91. The lowest BCUT2D eigenvalue weighted by molar-refractivity contribution is 0.400. The van der Waals surface area contributed by atoms with Crippen molar-refractivity contribution in [3.63, 3.8) is 0 Å². The van der Waals surface area contributed by atoms with Gasteiger partial charge in [0.2, 0.25) is 0 Å². The number of rotatable bonds is 5. The van der Waals surface area contributed by atoms with Crippen LogP contribution in [0.15, 0.2) is 54.7 Å². The van der Waals surface area contributed by atoms with Gasteiger partial charge in [0.15, 0.2) is 0 Å². The van der Waals surface area contributed by atoms with Crippen molar-refractivity contribution in [1.29, 1.82) is 0 Å². The molecule has 0 unspecified atom stereocenters. The Morgan fingerprint density at radius 3 is 2.48 bits per heavy atom. The minimum absolute atomic E-state index is 0. The van der Waals surface area contributed by atoms with Gasteiger partial charge < -0.3 is 4.90 Å². The van der Waals surface area contributed by atoms with Crippen LogP contribution in [0.2, 0.25) is 0 Å². The van der Waals surface area contributed by atoms with Crippen molar-refractivity contribution in [3.8, 4) is 11.1 Å². The fourth-order valence-corrected chi connectivity index (χ4v) is 2.76. The third kappa shape index (κ3) is 5.67. The quantitative estimate of drug-likeness (QED) is 0.590. The van der Waals surface area contributed by atoms with E-state index < -0.39 is 0 Å². The second-order valence-corrected chi connectivity index (χ2v) is 6.17. The lowest BCUT2D eigenvalue weighted by atomic mass is 10.0. The van der Waals surface area contributed by atoms with Crippen LogP contribution in [-0.4, -0.2) is 30.5 Å². The highest BCUT2D eigenvalue weighted by molar-refractivity contribution is 5.86. The van der Waals surface area contributed by atoms with E-state index in [2.05, 4.69) is 48.2 Å². The summed E-state index contributed by atoms with van der Waals surface area (Å²) in [4.78, 5) is 6.71. The molecule has 25 heavy (non-hydrogen) atoms. The summed E-state index contributed by atoms with van der Waals surface area (Å²) in [6.07, 6.45) is 4.00. The van der Waals surface area contributed by atoms with Crippen molar-refractivity contribution in [2.45, 2.75) is 12.8 Å². The summed E-state index contributed by atoms with van der Waals surface area (Å²) in [5.41, 5.74) is 4.10. The molecule has 1 aromatic heterocycles. The zero-order valence-corrected chi connectivity index (χ0v) is 16.0. The van der Waals surface area contributed by atoms with Gasteiger partial charge in [0, 0.05) is 17.1 Å². The van der Waals surface area contributed by atoms with E-state index in [0.717, 1.165) is 41.4 Å². The summed E-state index contributed by atoms with van der Waals surface area (Å²) in [5.74, 6) is -0.222. The number of aromatic nitrogens is 1. The first-order valence-electron chi connectivity index (χ1n) is 7.91. The minimum Gasteiger partial charge on any atom is -0.309 e. The SMILES string of the molecule is CN(C)CCCc1ccc2ncc(-c3cccc(F)c3)cc2c1.Cl.Cl. The molecule has 0 radical (unpaired) electrons. The highest BCUT2D eigenvalue weighted by atomic mass is 35.5. The van der Waals surface area contributed by atoms with Crippen LogP contribution in [0.25, 0.3) is 22.0 Å². The Balaban J connectivity index is 0.00000156. The Morgan fingerprint density at radius 2 is 1.76 bits per heavy atom. The highest BCUT2D eigenvalue weighted by Crippen LogP contribution is 2.24. The molecule has 0 fully saturated rings. The topological polar surface area (TPSA) is 16.1 Å². The van der Waals surface area contributed by atoms with Gasteiger partial charge in [-0.1, -0.05) is 18.2 Å².